The third-order valence-corrected chi connectivity index (χ3v) is 4.55. The Kier molecular flexibility index (Phi) is 5.66. The van der Waals surface area contributed by atoms with Crippen molar-refractivity contribution in [3.8, 4) is 0 Å². The Balaban J connectivity index is 2.11. The molecule has 1 saturated heterocycles. The summed E-state index contributed by atoms with van der Waals surface area (Å²) in [4.78, 5) is 2.26. The molecule has 19 heavy (non-hydrogen) atoms. The molecule has 2 N–H and O–H groups in total. The summed E-state index contributed by atoms with van der Waals surface area (Å²) in [5.41, 5.74) is 7.09. The van der Waals surface area contributed by atoms with E-state index >= 15 is 0 Å². The molecule has 0 radical (unpaired) electrons. The van der Waals surface area contributed by atoms with Crippen LogP contribution in [-0.2, 0) is 4.74 Å². The summed E-state index contributed by atoms with van der Waals surface area (Å²) >= 11 is 9.67. The first-order valence-corrected chi connectivity index (χ1v) is 7.75. The van der Waals surface area contributed by atoms with Crippen molar-refractivity contribution in [2.24, 2.45) is 5.73 Å². The first-order chi connectivity index (χ1) is 9.11. The van der Waals surface area contributed by atoms with Gasteiger partial charge >= 0.3 is 0 Å². The van der Waals surface area contributed by atoms with Crippen molar-refractivity contribution in [2.45, 2.75) is 25.0 Å². The van der Waals surface area contributed by atoms with Gasteiger partial charge in [-0.1, -0.05) is 27.5 Å². The van der Waals surface area contributed by atoms with Crippen LogP contribution in [0.25, 0.3) is 0 Å². The molecule has 3 nitrogen and oxygen atoms in total. The van der Waals surface area contributed by atoms with E-state index in [4.69, 9.17) is 22.1 Å². The Morgan fingerprint density at radius 1 is 1.58 bits per heavy atom. The summed E-state index contributed by atoms with van der Waals surface area (Å²) in [5, 5.41) is 0.738. The fourth-order valence-corrected chi connectivity index (χ4v) is 3.24. The molecule has 5 heteroatoms. The SMILES string of the molecule is CN(CC1CCCO1)C(CN)c1cc(Cl)ccc1Br. The summed E-state index contributed by atoms with van der Waals surface area (Å²) in [6.45, 7) is 2.34. The van der Waals surface area contributed by atoms with Crippen molar-refractivity contribution in [2.75, 3.05) is 26.7 Å². The van der Waals surface area contributed by atoms with Crippen LogP contribution in [0.3, 0.4) is 0 Å². The van der Waals surface area contributed by atoms with Gasteiger partial charge in [-0.2, -0.15) is 0 Å². The van der Waals surface area contributed by atoms with Gasteiger partial charge in [-0.05, 0) is 43.7 Å². The van der Waals surface area contributed by atoms with E-state index in [0.717, 1.165) is 41.1 Å². The van der Waals surface area contributed by atoms with Gasteiger partial charge in [0.1, 0.15) is 0 Å². The van der Waals surface area contributed by atoms with E-state index in [1.165, 1.54) is 0 Å². The molecule has 2 atom stereocenters. The second-order valence-corrected chi connectivity index (χ2v) is 6.28. The van der Waals surface area contributed by atoms with Crippen LogP contribution >= 0.6 is 27.5 Å². The van der Waals surface area contributed by atoms with Crippen LogP contribution in [-0.4, -0.2) is 37.7 Å². The maximum absolute atomic E-state index is 6.09. The first kappa shape index (κ1) is 15.3. The van der Waals surface area contributed by atoms with Crippen LogP contribution in [0.5, 0.6) is 0 Å². The van der Waals surface area contributed by atoms with E-state index < -0.39 is 0 Å². The molecule has 1 fully saturated rings. The number of benzene rings is 1. The van der Waals surface area contributed by atoms with E-state index in [9.17, 15) is 0 Å². The van der Waals surface area contributed by atoms with E-state index in [0.29, 0.717) is 12.6 Å². The van der Waals surface area contributed by atoms with Crippen molar-refractivity contribution in [3.05, 3.63) is 33.3 Å². The molecular formula is C14H20BrClN2O. The van der Waals surface area contributed by atoms with Crippen molar-refractivity contribution >= 4 is 27.5 Å². The number of nitrogens with zero attached hydrogens (tertiary/aromatic N) is 1. The molecule has 0 spiro atoms. The first-order valence-electron chi connectivity index (χ1n) is 6.58. The number of rotatable bonds is 5. The number of hydrogen-bond acceptors (Lipinski definition) is 3. The molecule has 0 amide bonds. The van der Waals surface area contributed by atoms with Crippen molar-refractivity contribution < 1.29 is 4.74 Å². The highest BCUT2D eigenvalue weighted by atomic mass is 79.9. The Labute approximate surface area is 128 Å². The van der Waals surface area contributed by atoms with Gasteiger partial charge in [0, 0.05) is 35.2 Å². The standard InChI is InChI=1S/C14H20BrClN2O/c1-18(9-11-3-2-6-19-11)14(8-17)12-7-10(16)4-5-13(12)15/h4-5,7,11,14H,2-3,6,8-9,17H2,1H3. The molecular weight excluding hydrogens is 328 g/mol. The van der Waals surface area contributed by atoms with E-state index in [-0.39, 0.29) is 6.04 Å². The maximum Gasteiger partial charge on any atom is 0.0702 e. The van der Waals surface area contributed by atoms with Crippen LogP contribution in [0, 0.1) is 0 Å². The zero-order valence-corrected chi connectivity index (χ0v) is 13.5. The minimum absolute atomic E-state index is 0.150. The predicted octanol–water partition coefficient (Wildman–Crippen LogP) is 3.21. The number of ether oxygens (including phenoxy) is 1. The molecule has 1 aromatic carbocycles. The topological polar surface area (TPSA) is 38.5 Å². The monoisotopic (exact) mass is 346 g/mol. The molecule has 106 valence electrons. The van der Waals surface area contributed by atoms with Gasteiger partial charge in [0.15, 0.2) is 0 Å². The van der Waals surface area contributed by atoms with E-state index in [2.05, 4.69) is 27.9 Å². The summed E-state index contributed by atoms with van der Waals surface area (Å²) in [6.07, 6.45) is 2.63. The van der Waals surface area contributed by atoms with Crippen molar-refractivity contribution in [3.63, 3.8) is 0 Å². The van der Waals surface area contributed by atoms with Gasteiger partial charge in [0.05, 0.1) is 6.10 Å². The maximum atomic E-state index is 6.09. The van der Waals surface area contributed by atoms with Crippen LogP contribution in [0.4, 0.5) is 0 Å². The molecule has 0 saturated carbocycles. The quantitative estimate of drug-likeness (QED) is 0.889. The Bertz CT molecular complexity index is 424. The molecule has 0 bridgehead atoms. The smallest absolute Gasteiger partial charge is 0.0702 e. The number of hydrogen-bond donors (Lipinski definition) is 1. The van der Waals surface area contributed by atoms with Crippen LogP contribution < -0.4 is 5.73 Å². The highest BCUT2D eigenvalue weighted by Gasteiger charge is 2.23. The second kappa shape index (κ2) is 7.04. The van der Waals surface area contributed by atoms with Crippen LogP contribution in [0.15, 0.2) is 22.7 Å². The van der Waals surface area contributed by atoms with Gasteiger partial charge in [-0.3, -0.25) is 4.90 Å². The third kappa shape index (κ3) is 3.92. The molecule has 1 heterocycles. The highest BCUT2D eigenvalue weighted by Crippen LogP contribution is 2.30. The summed E-state index contributed by atoms with van der Waals surface area (Å²) in [6, 6.07) is 5.98. The lowest BCUT2D eigenvalue weighted by atomic mass is 10.1. The second-order valence-electron chi connectivity index (χ2n) is 4.99. The van der Waals surface area contributed by atoms with Crippen molar-refractivity contribution in [1.82, 2.24) is 4.90 Å². The minimum atomic E-state index is 0.150. The van der Waals surface area contributed by atoms with Gasteiger partial charge in [0.25, 0.3) is 0 Å². The average Bonchev–Trinajstić information content (AvgIpc) is 2.87. The Morgan fingerprint density at radius 3 is 3.00 bits per heavy atom. The van der Waals surface area contributed by atoms with Gasteiger partial charge in [-0.25, -0.2) is 0 Å². The molecule has 0 aromatic heterocycles. The molecule has 1 aliphatic heterocycles. The zero-order chi connectivity index (χ0) is 13.8. The number of likely N-dealkylation sites (N-methyl/N-ethyl adjacent to an activating group) is 1. The third-order valence-electron chi connectivity index (χ3n) is 3.59. The largest absolute Gasteiger partial charge is 0.377 e. The Morgan fingerprint density at radius 2 is 2.37 bits per heavy atom. The van der Waals surface area contributed by atoms with E-state index in [1.54, 1.807) is 0 Å². The summed E-state index contributed by atoms with van der Waals surface area (Å²) in [7, 11) is 2.09. The lowest BCUT2D eigenvalue weighted by Crippen LogP contribution is -2.36. The fraction of sp³-hybridized carbons (Fsp3) is 0.571. The molecule has 2 rings (SSSR count). The summed E-state index contributed by atoms with van der Waals surface area (Å²) < 4.78 is 6.74. The van der Waals surface area contributed by atoms with E-state index in [1.807, 2.05) is 18.2 Å². The lowest BCUT2D eigenvalue weighted by molar-refractivity contribution is 0.0688. The summed E-state index contributed by atoms with van der Waals surface area (Å²) in [5.74, 6) is 0. The number of nitrogens with two attached hydrogens (primary N) is 1. The van der Waals surface area contributed by atoms with Crippen LogP contribution in [0.1, 0.15) is 24.4 Å². The molecule has 1 aromatic rings. The number of halogens is 2. The normalized spacial score (nSPS) is 21.0. The predicted molar refractivity (Wildman–Crippen MR) is 82.6 cm³/mol. The minimum Gasteiger partial charge on any atom is -0.377 e. The van der Waals surface area contributed by atoms with Crippen molar-refractivity contribution in [1.29, 1.82) is 0 Å². The van der Waals surface area contributed by atoms with Crippen LogP contribution in [0.2, 0.25) is 5.02 Å². The highest BCUT2D eigenvalue weighted by molar-refractivity contribution is 9.10. The van der Waals surface area contributed by atoms with Gasteiger partial charge in [0.2, 0.25) is 0 Å². The average molecular weight is 348 g/mol. The molecule has 2 unspecified atom stereocenters. The van der Waals surface area contributed by atoms with Gasteiger partial charge in [-0.15, -0.1) is 0 Å². The zero-order valence-electron chi connectivity index (χ0n) is 11.1. The van der Waals surface area contributed by atoms with Gasteiger partial charge < -0.3 is 10.5 Å². The lowest BCUT2D eigenvalue weighted by Gasteiger charge is -2.30. The molecule has 0 aliphatic carbocycles. The fourth-order valence-electron chi connectivity index (χ4n) is 2.55. The Hall–Kier alpha value is -0.130. The molecule has 1 aliphatic rings.